The lowest BCUT2D eigenvalue weighted by molar-refractivity contribution is 1.06. The first-order valence-electron chi connectivity index (χ1n) is 5.79. The lowest BCUT2D eigenvalue weighted by Gasteiger charge is -2.05. The molecule has 0 N–H and O–H groups in total. The zero-order chi connectivity index (χ0) is 11.8. The van der Waals surface area contributed by atoms with E-state index in [-0.39, 0.29) is 0 Å². The van der Waals surface area contributed by atoms with Gasteiger partial charge in [-0.25, -0.2) is 4.98 Å². The fourth-order valence-electron chi connectivity index (χ4n) is 2.13. The normalized spacial score (nSPS) is 19.6. The molecule has 2 aromatic rings. The van der Waals surface area contributed by atoms with E-state index in [2.05, 4.69) is 43.1 Å². The van der Waals surface area contributed by atoms with Gasteiger partial charge in [0.25, 0.3) is 0 Å². The van der Waals surface area contributed by atoms with Crippen molar-refractivity contribution >= 4 is 28.4 Å². The number of para-hydroxylation sites is 1. The molecule has 1 aliphatic heterocycles. The van der Waals surface area contributed by atoms with E-state index in [1.54, 1.807) is 0 Å². The summed E-state index contributed by atoms with van der Waals surface area (Å²) in [6.45, 7) is 4.27. The predicted octanol–water partition coefficient (Wildman–Crippen LogP) is 3.43. The van der Waals surface area contributed by atoms with Crippen molar-refractivity contribution in [3.05, 3.63) is 41.6 Å². The molecule has 1 aromatic carbocycles. The summed E-state index contributed by atoms with van der Waals surface area (Å²) >= 11 is 1.87. The van der Waals surface area contributed by atoms with Crippen LogP contribution >= 0.6 is 11.8 Å². The van der Waals surface area contributed by atoms with Crippen LogP contribution in [-0.4, -0.2) is 21.8 Å². The van der Waals surface area contributed by atoms with Crippen LogP contribution in [0.2, 0.25) is 0 Å². The van der Waals surface area contributed by atoms with Gasteiger partial charge in [0.2, 0.25) is 0 Å². The van der Waals surface area contributed by atoms with Crippen LogP contribution in [0.5, 0.6) is 0 Å². The Balaban J connectivity index is 2.16. The number of thioether (sulfide) groups is 1. The molecule has 1 aliphatic rings. The molecule has 0 spiro atoms. The van der Waals surface area contributed by atoms with E-state index >= 15 is 0 Å². The van der Waals surface area contributed by atoms with E-state index in [1.165, 1.54) is 10.9 Å². The first-order valence-corrected chi connectivity index (χ1v) is 6.84. The highest BCUT2D eigenvalue weighted by Gasteiger charge is 2.17. The van der Waals surface area contributed by atoms with Crippen LogP contribution in [0.4, 0.5) is 0 Å². The second kappa shape index (κ2) is 4.15. The number of pyridine rings is 1. The van der Waals surface area contributed by atoms with Crippen molar-refractivity contribution in [2.45, 2.75) is 19.2 Å². The zero-order valence-electron chi connectivity index (χ0n) is 9.97. The number of nitrogens with zero attached hydrogens (tertiary/aromatic N) is 2. The minimum absolute atomic E-state index is 0.374. The largest absolute Gasteiger partial charge is 0.273 e. The Morgan fingerprint density at radius 1 is 1.29 bits per heavy atom. The fraction of sp³-hybridized carbons (Fsp3) is 0.286. The van der Waals surface area contributed by atoms with Crippen molar-refractivity contribution in [2.24, 2.45) is 4.99 Å². The summed E-state index contributed by atoms with van der Waals surface area (Å²) in [5.74, 6) is 0.978. The summed E-state index contributed by atoms with van der Waals surface area (Å²) < 4.78 is 0. The van der Waals surface area contributed by atoms with Crippen LogP contribution in [0, 0.1) is 6.92 Å². The van der Waals surface area contributed by atoms with Crippen molar-refractivity contribution in [2.75, 3.05) is 5.75 Å². The monoisotopic (exact) mass is 242 g/mol. The molecule has 2 heterocycles. The van der Waals surface area contributed by atoms with Crippen LogP contribution < -0.4 is 0 Å². The number of aryl methyl sites for hydroxylation is 1. The third-order valence-electron chi connectivity index (χ3n) is 3.02. The molecule has 0 saturated heterocycles. The van der Waals surface area contributed by atoms with Gasteiger partial charge in [-0.2, -0.15) is 0 Å². The van der Waals surface area contributed by atoms with Crippen LogP contribution in [0.25, 0.3) is 10.9 Å². The van der Waals surface area contributed by atoms with Gasteiger partial charge in [0.1, 0.15) is 0 Å². The fourth-order valence-corrected chi connectivity index (χ4v) is 2.95. The Morgan fingerprint density at radius 2 is 2.12 bits per heavy atom. The maximum absolute atomic E-state index is 4.71. The minimum Gasteiger partial charge on any atom is -0.273 e. The van der Waals surface area contributed by atoms with Gasteiger partial charge in [0.15, 0.2) is 0 Å². The standard InChI is InChI=1S/C14H14N2S/c1-9-7-13(14-8-17-10(2)15-14)16-12-6-4-3-5-11(9)12/h3-7,10H,8H2,1-2H3. The van der Waals surface area contributed by atoms with E-state index in [0.29, 0.717) is 5.37 Å². The molecule has 0 saturated carbocycles. The summed E-state index contributed by atoms with van der Waals surface area (Å²) in [5, 5.41) is 1.61. The summed E-state index contributed by atoms with van der Waals surface area (Å²) in [7, 11) is 0. The second-order valence-corrected chi connectivity index (χ2v) is 5.63. The first-order chi connectivity index (χ1) is 8.24. The van der Waals surface area contributed by atoms with Crippen LogP contribution in [-0.2, 0) is 0 Å². The Morgan fingerprint density at radius 3 is 2.88 bits per heavy atom. The lowest BCUT2D eigenvalue weighted by atomic mass is 10.1. The Labute approximate surface area is 105 Å². The van der Waals surface area contributed by atoms with E-state index in [4.69, 9.17) is 4.98 Å². The summed E-state index contributed by atoms with van der Waals surface area (Å²) in [4.78, 5) is 9.33. The molecule has 3 rings (SSSR count). The number of hydrogen-bond donors (Lipinski definition) is 0. The van der Waals surface area contributed by atoms with Gasteiger partial charge in [-0.3, -0.25) is 4.99 Å². The van der Waals surface area contributed by atoms with Crippen LogP contribution in [0.15, 0.2) is 35.3 Å². The van der Waals surface area contributed by atoms with Crippen molar-refractivity contribution in [1.29, 1.82) is 0 Å². The Hall–Kier alpha value is -1.35. The van der Waals surface area contributed by atoms with Gasteiger partial charge in [-0.15, -0.1) is 11.8 Å². The molecule has 2 nitrogen and oxygen atoms in total. The van der Waals surface area contributed by atoms with E-state index in [0.717, 1.165) is 22.7 Å². The predicted molar refractivity (Wildman–Crippen MR) is 74.9 cm³/mol. The maximum Gasteiger partial charge on any atom is 0.0931 e. The average molecular weight is 242 g/mol. The Kier molecular flexibility index (Phi) is 2.63. The highest BCUT2D eigenvalue weighted by molar-refractivity contribution is 8.00. The van der Waals surface area contributed by atoms with Crippen LogP contribution in [0.1, 0.15) is 18.2 Å². The van der Waals surface area contributed by atoms with Crippen molar-refractivity contribution in [3.8, 4) is 0 Å². The van der Waals surface area contributed by atoms with Gasteiger partial charge in [0.05, 0.1) is 22.3 Å². The summed E-state index contributed by atoms with van der Waals surface area (Å²) in [6, 6.07) is 10.4. The number of fused-ring (bicyclic) bond motifs is 1. The smallest absolute Gasteiger partial charge is 0.0931 e. The molecule has 0 amide bonds. The first kappa shape index (κ1) is 10.8. The maximum atomic E-state index is 4.71. The molecule has 86 valence electrons. The zero-order valence-corrected chi connectivity index (χ0v) is 10.8. The quantitative estimate of drug-likeness (QED) is 0.765. The molecule has 17 heavy (non-hydrogen) atoms. The molecule has 1 atom stereocenters. The van der Waals surface area contributed by atoms with Gasteiger partial charge >= 0.3 is 0 Å². The minimum atomic E-state index is 0.374. The molecular formula is C14H14N2S. The topological polar surface area (TPSA) is 25.2 Å². The van der Waals surface area contributed by atoms with Gasteiger partial charge < -0.3 is 0 Å². The van der Waals surface area contributed by atoms with Gasteiger partial charge in [-0.1, -0.05) is 18.2 Å². The molecule has 1 unspecified atom stereocenters. The lowest BCUT2D eigenvalue weighted by Crippen LogP contribution is -2.04. The van der Waals surface area contributed by atoms with Crippen molar-refractivity contribution < 1.29 is 0 Å². The third-order valence-corrected chi connectivity index (χ3v) is 4.05. The highest BCUT2D eigenvalue weighted by Crippen LogP contribution is 2.24. The molecule has 0 bridgehead atoms. The van der Waals surface area contributed by atoms with Crippen molar-refractivity contribution in [3.63, 3.8) is 0 Å². The van der Waals surface area contributed by atoms with Gasteiger partial charge in [-0.05, 0) is 31.5 Å². The molecule has 1 aromatic heterocycles. The summed E-state index contributed by atoms with van der Waals surface area (Å²) in [5.41, 5.74) is 4.52. The number of rotatable bonds is 1. The SMILES string of the molecule is Cc1cc(C2=NC(C)SC2)nc2ccccc12. The second-order valence-electron chi connectivity index (χ2n) is 4.33. The number of hydrogen-bond acceptors (Lipinski definition) is 3. The number of benzene rings is 1. The van der Waals surface area contributed by atoms with E-state index < -0.39 is 0 Å². The molecule has 0 aliphatic carbocycles. The van der Waals surface area contributed by atoms with E-state index in [9.17, 15) is 0 Å². The van der Waals surface area contributed by atoms with Crippen LogP contribution in [0.3, 0.4) is 0 Å². The van der Waals surface area contributed by atoms with Crippen molar-refractivity contribution in [1.82, 2.24) is 4.98 Å². The van der Waals surface area contributed by atoms with E-state index in [1.807, 2.05) is 17.8 Å². The van der Waals surface area contributed by atoms with Gasteiger partial charge in [0, 0.05) is 11.1 Å². The molecule has 0 fully saturated rings. The Bertz CT molecular complexity index is 604. The molecule has 0 radical (unpaired) electrons. The summed E-state index contributed by atoms with van der Waals surface area (Å²) in [6.07, 6.45) is 0. The average Bonchev–Trinajstić information content (AvgIpc) is 2.76. The third kappa shape index (κ3) is 1.95. The highest BCUT2D eigenvalue weighted by atomic mass is 32.2. The molecule has 3 heteroatoms. The number of aromatic nitrogens is 1. The molecular weight excluding hydrogens is 228 g/mol. The number of aliphatic imine (C=N–C) groups is 1.